The predicted octanol–water partition coefficient (Wildman–Crippen LogP) is 1.01. The quantitative estimate of drug-likeness (QED) is 0.319. The van der Waals surface area contributed by atoms with E-state index < -0.39 is 0 Å². The minimum Gasteiger partial charge on any atom is -0.409 e. The third-order valence-corrected chi connectivity index (χ3v) is 3.15. The van der Waals surface area contributed by atoms with Gasteiger partial charge in [-0.15, -0.1) is 0 Å². The normalized spacial score (nSPS) is 24.7. The fraction of sp³-hybridized carbons (Fsp3) is 0.909. The second-order valence-electron chi connectivity index (χ2n) is 4.57. The Morgan fingerprint density at radius 1 is 1.62 bits per heavy atom. The van der Waals surface area contributed by atoms with Gasteiger partial charge in [-0.2, -0.15) is 0 Å². The summed E-state index contributed by atoms with van der Waals surface area (Å²) >= 11 is 0. The number of likely N-dealkylation sites (N-methyl/N-ethyl adjacent to an activating group) is 1. The van der Waals surface area contributed by atoms with Gasteiger partial charge in [-0.05, 0) is 33.2 Å². The number of ether oxygens (including phenoxy) is 1. The molecule has 1 rings (SSSR count). The van der Waals surface area contributed by atoms with Crippen molar-refractivity contribution in [2.45, 2.75) is 44.8 Å². The lowest BCUT2D eigenvalue weighted by Crippen LogP contribution is -2.40. The average Bonchev–Trinajstić information content (AvgIpc) is 2.30. The molecule has 0 radical (unpaired) electrons. The number of nitrogens with zero attached hydrogens (tertiary/aromatic N) is 2. The summed E-state index contributed by atoms with van der Waals surface area (Å²) in [6, 6.07) is 0.265. The van der Waals surface area contributed by atoms with Crippen molar-refractivity contribution in [2.75, 3.05) is 20.2 Å². The van der Waals surface area contributed by atoms with Gasteiger partial charge in [-0.3, -0.25) is 0 Å². The van der Waals surface area contributed by atoms with E-state index in [4.69, 9.17) is 15.7 Å². The van der Waals surface area contributed by atoms with Gasteiger partial charge in [-0.25, -0.2) is 0 Å². The minimum absolute atomic E-state index is 0.265. The van der Waals surface area contributed by atoms with Crippen LogP contribution in [0.2, 0.25) is 0 Å². The molecule has 0 amide bonds. The molecule has 5 heteroatoms. The van der Waals surface area contributed by atoms with Gasteiger partial charge in [0.2, 0.25) is 0 Å². The molecular weight excluding hydrogens is 206 g/mol. The molecule has 1 saturated heterocycles. The molecule has 1 fully saturated rings. The van der Waals surface area contributed by atoms with Crippen LogP contribution in [0.5, 0.6) is 0 Å². The molecule has 1 heterocycles. The van der Waals surface area contributed by atoms with Crippen molar-refractivity contribution in [3.63, 3.8) is 0 Å². The largest absolute Gasteiger partial charge is 0.409 e. The fourth-order valence-electron chi connectivity index (χ4n) is 1.95. The zero-order chi connectivity index (χ0) is 12.0. The summed E-state index contributed by atoms with van der Waals surface area (Å²) in [6.45, 7) is 3.87. The van der Waals surface area contributed by atoms with E-state index in [0.717, 1.165) is 19.6 Å². The SMILES string of the molecule is CC(CC(N)=NO)N(C)CC1CCCCO1. The summed E-state index contributed by atoms with van der Waals surface area (Å²) in [6.07, 6.45) is 4.50. The molecule has 2 unspecified atom stereocenters. The topological polar surface area (TPSA) is 71.1 Å². The first-order chi connectivity index (χ1) is 7.63. The van der Waals surface area contributed by atoms with E-state index in [1.807, 2.05) is 7.05 Å². The van der Waals surface area contributed by atoms with Crippen LogP contribution in [0.4, 0.5) is 0 Å². The summed E-state index contributed by atoms with van der Waals surface area (Å²) in [5.74, 6) is 0.281. The Bertz CT molecular complexity index is 227. The van der Waals surface area contributed by atoms with Crippen LogP contribution in [0.25, 0.3) is 0 Å². The first-order valence-corrected chi connectivity index (χ1v) is 5.91. The smallest absolute Gasteiger partial charge is 0.140 e. The van der Waals surface area contributed by atoms with Crippen LogP contribution in [0, 0.1) is 0 Å². The number of rotatable bonds is 5. The monoisotopic (exact) mass is 229 g/mol. The molecule has 16 heavy (non-hydrogen) atoms. The molecular formula is C11H23N3O2. The van der Waals surface area contributed by atoms with Gasteiger partial charge >= 0.3 is 0 Å². The number of nitrogens with two attached hydrogens (primary N) is 1. The maximum Gasteiger partial charge on any atom is 0.140 e. The van der Waals surface area contributed by atoms with E-state index >= 15 is 0 Å². The van der Waals surface area contributed by atoms with Crippen molar-refractivity contribution in [2.24, 2.45) is 10.9 Å². The number of oxime groups is 1. The molecule has 0 saturated carbocycles. The molecule has 94 valence electrons. The summed E-state index contributed by atoms with van der Waals surface area (Å²) in [5, 5.41) is 11.5. The van der Waals surface area contributed by atoms with Crippen molar-refractivity contribution in [3.8, 4) is 0 Å². The van der Waals surface area contributed by atoms with Gasteiger partial charge in [0.15, 0.2) is 0 Å². The first-order valence-electron chi connectivity index (χ1n) is 5.91. The van der Waals surface area contributed by atoms with Crippen LogP contribution in [-0.4, -0.2) is 48.3 Å². The molecule has 0 aromatic heterocycles. The minimum atomic E-state index is 0.265. The third kappa shape index (κ3) is 4.37. The Kier molecular flexibility index (Phi) is 5.55. The second kappa shape index (κ2) is 6.70. The fourth-order valence-corrected chi connectivity index (χ4v) is 1.95. The van der Waals surface area contributed by atoms with Gasteiger partial charge in [-0.1, -0.05) is 5.16 Å². The van der Waals surface area contributed by atoms with E-state index in [-0.39, 0.29) is 11.9 Å². The van der Waals surface area contributed by atoms with Gasteiger partial charge in [0, 0.05) is 25.6 Å². The molecule has 0 spiro atoms. The standard InChI is InChI=1S/C11H23N3O2/c1-9(7-11(12)13-15)14(2)8-10-5-3-4-6-16-10/h9-10,15H,3-8H2,1-2H3,(H2,12,13). The lowest BCUT2D eigenvalue weighted by Gasteiger charge is -2.30. The molecule has 0 bridgehead atoms. The van der Waals surface area contributed by atoms with Gasteiger partial charge in [0.05, 0.1) is 6.10 Å². The van der Waals surface area contributed by atoms with E-state index in [2.05, 4.69) is 17.0 Å². The molecule has 0 aromatic carbocycles. The summed E-state index contributed by atoms with van der Waals surface area (Å²) < 4.78 is 5.68. The molecule has 5 nitrogen and oxygen atoms in total. The van der Waals surface area contributed by atoms with Gasteiger partial charge < -0.3 is 20.6 Å². The zero-order valence-corrected chi connectivity index (χ0v) is 10.2. The van der Waals surface area contributed by atoms with E-state index in [1.54, 1.807) is 0 Å². The highest BCUT2D eigenvalue weighted by atomic mass is 16.5. The lowest BCUT2D eigenvalue weighted by molar-refractivity contribution is -0.00657. The van der Waals surface area contributed by atoms with Crippen LogP contribution in [0.1, 0.15) is 32.6 Å². The first kappa shape index (κ1) is 13.3. The Morgan fingerprint density at radius 2 is 2.38 bits per heavy atom. The Labute approximate surface area is 97.2 Å². The Hall–Kier alpha value is -0.810. The van der Waals surface area contributed by atoms with Crippen molar-refractivity contribution in [1.82, 2.24) is 4.90 Å². The number of hydrogen-bond donors (Lipinski definition) is 2. The number of hydrogen-bond acceptors (Lipinski definition) is 4. The van der Waals surface area contributed by atoms with Crippen molar-refractivity contribution in [1.29, 1.82) is 0 Å². The molecule has 1 aliphatic rings. The highest BCUT2D eigenvalue weighted by molar-refractivity contribution is 5.80. The molecule has 0 aromatic rings. The summed E-state index contributed by atoms with van der Waals surface area (Å²) in [7, 11) is 2.05. The molecule has 1 aliphatic heterocycles. The van der Waals surface area contributed by atoms with Gasteiger partial charge in [0.1, 0.15) is 5.84 Å². The van der Waals surface area contributed by atoms with E-state index in [0.29, 0.717) is 12.5 Å². The lowest BCUT2D eigenvalue weighted by atomic mass is 10.1. The van der Waals surface area contributed by atoms with Gasteiger partial charge in [0.25, 0.3) is 0 Å². The van der Waals surface area contributed by atoms with E-state index in [9.17, 15) is 0 Å². The maximum atomic E-state index is 8.51. The Morgan fingerprint density at radius 3 is 2.94 bits per heavy atom. The van der Waals surface area contributed by atoms with Crippen LogP contribution >= 0.6 is 0 Å². The predicted molar refractivity (Wildman–Crippen MR) is 63.7 cm³/mol. The molecule has 0 aliphatic carbocycles. The third-order valence-electron chi connectivity index (χ3n) is 3.15. The van der Waals surface area contributed by atoms with Crippen LogP contribution < -0.4 is 5.73 Å². The molecule has 3 N–H and O–H groups in total. The zero-order valence-electron chi connectivity index (χ0n) is 10.2. The van der Waals surface area contributed by atoms with Crippen LogP contribution in [0.15, 0.2) is 5.16 Å². The maximum absolute atomic E-state index is 8.51. The van der Waals surface area contributed by atoms with Crippen LogP contribution in [-0.2, 0) is 4.74 Å². The van der Waals surface area contributed by atoms with E-state index in [1.165, 1.54) is 12.8 Å². The summed E-state index contributed by atoms with van der Waals surface area (Å²) in [5.41, 5.74) is 5.49. The molecule has 2 atom stereocenters. The van der Waals surface area contributed by atoms with Crippen molar-refractivity contribution >= 4 is 5.84 Å². The van der Waals surface area contributed by atoms with Crippen LogP contribution in [0.3, 0.4) is 0 Å². The number of amidine groups is 1. The van der Waals surface area contributed by atoms with Crippen molar-refractivity contribution < 1.29 is 9.94 Å². The highest BCUT2D eigenvalue weighted by Crippen LogP contribution is 2.14. The second-order valence-corrected chi connectivity index (χ2v) is 4.57. The Balaban J connectivity index is 2.29. The highest BCUT2D eigenvalue weighted by Gasteiger charge is 2.19. The van der Waals surface area contributed by atoms with Crippen molar-refractivity contribution in [3.05, 3.63) is 0 Å². The average molecular weight is 229 g/mol. The summed E-state index contributed by atoms with van der Waals surface area (Å²) in [4.78, 5) is 2.20.